The summed E-state index contributed by atoms with van der Waals surface area (Å²) in [5.41, 5.74) is 5.80. The molecule has 1 aliphatic rings. The average Bonchev–Trinajstić information content (AvgIpc) is 2.60. The van der Waals surface area contributed by atoms with Gasteiger partial charge in [-0.1, -0.05) is 12.8 Å². The van der Waals surface area contributed by atoms with E-state index in [1.54, 1.807) is 0 Å². The molecule has 0 aromatic heterocycles. The molecule has 1 aliphatic carbocycles. The van der Waals surface area contributed by atoms with Crippen LogP contribution in [-0.4, -0.2) is 42.3 Å². The molecule has 1 saturated carbocycles. The maximum absolute atomic E-state index is 13.0. The number of ether oxygens (including phenoxy) is 3. The lowest BCUT2D eigenvalue weighted by Crippen LogP contribution is -2.44. The molecular formula is C16H27ClN2O5S. The molecule has 25 heavy (non-hydrogen) atoms. The minimum Gasteiger partial charge on any atom is -0.496 e. The molecule has 1 aromatic carbocycles. The summed E-state index contributed by atoms with van der Waals surface area (Å²) in [5, 5.41) is 0. The Morgan fingerprint density at radius 1 is 1.08 bits per heavy atom. The lowest BCUT2D eigenvalue weighted by atomic mass is 9.85. The van der Waals surface area contributed by atoms with Gasteiger partial charge in [-0.05, 0) is 25.3 Å². The molecule has 0 heterocycles. The quantitative estimate of drug-likeness (QED) is 0.732. The highest BCUT2D eigenvalue weighted by Crippen LogP contribution is 2.38. The lowest BCUT2D eigenvalue weighted by molar-refractivity contribution is 0.295. The average molecular weight is 395 g/mol. The van der Waals surface area contributed by atoms with Crippen molar-refractivity contribution in [2.45, 2.75) is 36.6 Å². The van der Waals surface area contributed by atoms with Crippen molar-refractivity contribution < 1.29 is 22.6 Å². The third-order valence-electron chi connectivity index (χ3n) is 4.46. The van der Waals surface area contributed by atoms with E-state index in [0.29, 0.717) is 12.3 Å². The summed E-state index contributed by atoms with van der Waals surface area (Å²) >= 11 is 0. The second-order valence-corrected chi connectivity index (χ2v) is 7.52. The molecule has 144 valence electrons. The van der Waals surface area contributed by atoms with Crippen LogP contribution in [0.5, 0.6) is 17.2 Å². The Bertz CT molecular complexity index is 643. The highest BCUT2D eigenvalue weighted by atomic mass is 35.5. The van der Waals surface area contributed by atoms with Crippen molar-refractivity contribution in [1.29, 1.82) is 0 Å². The molecule has 7 nitrogen and oxygen atoms in total. The molecule has 2 atom stereocenters. The molecule has 1 fully saturated rings. The zero-order chi connectivity index (χ0) is 17.7. The number of nitrogens with two attached hydrogens (primary N) is 1. The summed E-state index contributed by atoms with van der Waals surface area (Å²) in [4.78, 5) is -0.0188. The summed E-state index contributed by atoms with van der Waals surface area (Å²) in [7, 11) is 0.496. The normalized spacial score (nSPS) is 20.5. The molecule has 0 bridgehead atoms. The molecule has 1 aromatic rings. The summed E-state index contributed by atoms with van der Waals surface area (Å²) in [6.07, 6.45) is 3.78. The van der Waals surface area contributed by atoms with Crippen molar-refractivity contribution in [3.63, 3.8) is 0 Å². The monoisotopic (exact) mass is 394 g/mol. The van der Waals surface area contributed by atoms with Gasteiger partial charge in [-0.25, -0.2) is 13.1 Å². The maximum atomic E-state index is 13.0. The molecule has 2 rings (SSSR count). The summed E-state index contributed by atoms with van der Waals surface area (Å²) in [6, 6.07) is 2.88. The number of hydrogen-bond donors (Lipinski definition) is 2. The number of benzene rings is 1. The van der Waals surface area contributed by atoms with Crippen molar-refractivity contribution in [3.8, 4) is 17.2 Å². The third kappa shape index (κ3) is 4.91. The van der Waals surface area contributed by atoms with Gasteiger partial charge in [-0.15, -0.1) is 12.4 Å². The van der Waals surface area contributed by atoms with E-state index >= 15 is 0 Å². The van der Waals surface area contributed by atoms with Crippen LogP contribution in [0.25, 0.3) is 0 Å². The highest BCUT2D eigenvalue weighted by Gasteiger charge is 2.32. The zero-order valence-electron chi connectivity index (χ0n) is 14.8. The molecule has 3 N–H and O–H groups in total. The summed E-state index contributed by atoms with van der Waals surface area (Å²) < 4.78 is 44.4. The fourth-order valence-electron chi connectivity index (χ4n) is 3.14. The first-order chi connectivity index (χ1) is 11.5. The first-order valence-electron chi connectivity index (χ1n) is 7.99. The van der Waals surface area contributed by atoms with Gasteiger partial charge in [-0.2, -0.15) is 0 Å². The summed E-state index contributed by atoms with van der Waals surface area (Å²) in [5.74, 6) is 0.960. The smallest absolute Gasteiger partial charge is 0.248 e. The lowest BCUT2D eigenvalue weighted by Gasteiger charge is -2.31. The van der Waals surface area contributed by atoms with Crippen molar-refractivity contribution in [2.75, 3.05) is 27.9 Å². The predicted octanol–water partition coefficient (Wildman–Crippen LogP) is 1.93. The van der Waals surface area contributed by atoms with E-state index in [2.05, 4.69) is 4.72 Å². The van der Waals surface area contributed by atoms with E-state index in [1.165, 1.54) is 33.5 Å². The molecule has 0 saturated heterocycles. The van der Waals surface area contributed by atoms with Crippen LogP contribution >= 0.6 is 12.4 Å². The number of halogens is 1. The Hall–Kier alpha value is -1.22. The molecule has 0 radical (unpaired) electrons. The van der Waals surface area contributed by atoms with Crippen molar-refractivity contribution in [1.82, 2.24) is 4.72 Å². The minimum absolute atomic E-state index is 0. The minimum atomic E-state index is -3.82. The van der Waals surface area contributed by atoms with Gasteiger partial charge in [0.1, 0.15) is 17.2 Å². The third-order valence-corrected chi connectivity index (χ3v) is 6.01. The van der Waals surface area contributed by atoms with Crippen LogP contribution in [0.3, 0.4) is 0 Å². The van der Waals surface area contributed by atoms with Gasteiger partial charge in [0.2, 0.25) is 10.0 Å². The Kier molecular flexibility index (Phi) is 8.27. The molecule has 0 spiro atoms. The van der Waals surface area contributed by atoms with E-state index in [0.717, 1.165) is 25.7 Å². The Morgan fingerprint density at radius 3 is 2.12 bits per heavy atom. The van der Waals surface area contributed by atoms with Gasteiger partial charge in [-0.3, -0.25) is 0 Å². The second-order valence-electron chi connectivity index (χ2n) is 5.87. The van der Waals surface area contributed by atoms with Gasteiger partial charge in [0.05, 0.1) is 21.3 Å². The first kappa shape index (κ1) is 21.8. The molecule has 2 unspecified atom stereocenters. The molecule has 0 aliphatic heterocycles. The number of sulfonamides is 1. The van der Waals surface area contributed by atoms with E-state index in [9.17, 15) is 8.42 Å². The van der Waals surface area contributed by atoms with E-state index in [1.807, 2.05) is 0 Å². The Labute approximate surface area is 155 Å². The Morgan fingerprint density at radius 2 is 1.64 bits per heavy atom. The number of methoxy groups -OCH3 is 3. The first-order valence-corrected chi connectivity index (χ1v) is 9.47. The number of nitrogens with one attached hydrogen (secondary N) is 1. The fraction of sp³-hybridized carbons (Fsp3) is 0.625. The topological polar surface area (TPSA) is 99.9 Å². The molecule has 0 amide bonds. The largest absolute Gasteiger partial charge is 0.496 e. The van der Waals surface area contributed by atoms with Gasteiger partial charge < -0.3 is 19.9 Å². The summed E-state index contributed by atoms with van der Waals surface area (Å²) in [6.45, 7) is 0.462. The van der Waals surface area contributed by atoms with Crippen molar-refractivity contribution >= 4 is 22.4 Å². The van der Waals surface area contributed by atoms with Crippen LogP contribution in [0.15, 0.2) is 17.0 Å². The van der Waals surface area contributed by atoms with Gasteiger partial charge >= 0.3 is 0 Å². The van der Waals surface area contributed by atoms with Gasteiger partial charge in [0.15, 0.2) is 4.90 Å². The fourth-order valence-corrected chi connectivity index (χ4v) is 4.78. The highest BCUT2D eigenvalue weighted by molar-refractivity contribution is 7.89. The molecule has 9 heteroatoms. The van der Waals surface area contributed by atoms with Crippen LogP contribution in [0, 0.1) is 5.92 Å². The van der Waals surface area contributed by atoms with Crippen molar-refractivity contribution in [2.24, 2.45) is 11.7 Å². The van der Waals surface area contributed by atoms with Gasteiger partial charge in [0, 0.05) is 18.2 Å². The van der Waals surface area contributed by atoms with Gasteiger partial charge in [0.25, 0.3) is 0 Å². The molecular weight excluding hydrogens is 368 g/mol. The second kappa shape index (κ2) is 9.47. The maximum Gasteiger partial charge on any atom is 0.248 e. The van der Waals surface area contributed by atoms with E-state index in [-0.39, 0.29) is 40.8 Å². The van der Waals surface area contributed by atoms with Crippen molar-refractivity contribution in [3.05, 3.63) is 12.1 Å². The van der Waals surface area contributed by atoms with Crippen LogP contribution in [0.4, 0.5) is 0 Å². The number of hydrogen-bond acceptors (Lipinski definition) is 6. The number of rotatable bonds is 7. The van der Waals surface area contributed by atoms with Crippen LogP contribution in [0.1, 0.15) is 25.7 Å². The van der Waals surface area contributed by atoms with Crippen LogP contribution in [0.2, 0.25) is 0 Å². The SMILES string of the molecule is COc1cc(OC)c(S(=O)(=O)NC2CCCCC2CN)c(OC)c1.Cl. The zero-order valence-corrected chi connectivity index (χ0v) is 16.4. The Balaban J connectivity index is 0.00000312. The standard InChI is InChI=1S/C16H26N2O5S.ClH/c1-21-12-8-14(22-2)16(15(9-12)23-3)24(19,20)18-13-7-5-4-6-11(13)10-17;/h8-9,11,13,18H,4-7,10,17H2,1-3H3;1H. The predicted molar refractivity (Wildman–Crippen MR) is 98.5 cm³/mol. The van der Waals surface area contributed by atoms with Crippen LogP contribution in [-0.2, 0) is 10.0 Å². The van der Waals surface area contributed by atoms with E-state index < -0.39 is 10.0 Å². The van der Waals surface area contributed by atoms with Crippen LogP contribution < -0.4 is 24.7 Å². The van der Waals surface area contributed by atoms with E-state index in [4.69, 9.17) is 19.9 Å².